The van der Waals surface area contributed by atoms with Gasteiger partial charge in [0.1, 0.15) is 0 Å². The average Bonchev–Trinajstić information content (AvgIpc) is 1.88. The van der Waals surface area contributed by atoms with Crippen molar-refractivity contribution in [3.05, 3.63) is 0 Å². The Morgan fingerprint density at radius 3 is 1.27 bits per heavy atom. The molecule has 0 aliphatic carbocycles. The number of hydrogen-bond acceptors (Lipinski definition) is 3. The van der Waals surface area contributed by atoms with Crippen molar-refractivity contribution in [3.8, 4) is 0 Å². The SMILES string of the molecule is CC[O][Ge]([CH3])([O]CC)[O]CC. The van der Waals surface area contributed by atoms with Crippen LogP contribution in [0.5, 0.6) is 0 Å². The standard InChI is InChI=1S/C7H18GeO3/c1-5-9-8(4,10-6-2)11-7-3/h5-7H2,1-4H3. The summed E-state index contributed by atoms with van der Waals surface area (Å²) in [4.78, 5) is 0. The molecule has 0 spiro atoms. The van der Waals surface area contributed by atoms with Gasteiger partial charge in [0.15, 0.2) is 0 Å². The molecular formula is C7H18GeO3. The van der Waals surface area contributed by atoms with E-state index < -0.39 is 14.3 Å². The molecule has 0 aliphatic heterocycles. The van der Waals surface area contributed by atoms with Crippen LogP contribution in [0.4, 0.5) is 0 Å². The Morgan fingerprint density at radius 1 is 0.818 bits per heavy atom. The molecule has 3 nitrogen and oxygen atoms in total. The van der Waals surface area contributed by atoms with Gasteiger partial charge in [0.2, 0.25) is 0 Å². The van der Waals surface area contributed by atoms with Gasteiger partial charge in [0.25, 0.3) is 0 Å². The van der Waals surface area contributed by atoms with E-state index in [1.54, 1.807) is 0 Å². The van der Waals surface area contributed by atoms with Gasteiger partial charge in [0, 0.05) is 0 Å². The zero-order chi connectivity index (χ0) is 8.74. The van der Waals surface area contributed by atoms with Crippen LogP contribution in [0.25, 0.3) is 0 Å². The maximum atomic E-state index is 5.45. The first-order valence-electron chi connectivity index (χ1n) is 4.10. The first-order valence-corrected chi connectivity index (χ1v) is 8.77. The van der Waals surface area contributed by atoms with Crippen molar-refractivity contribution in [2.75, 3.05) is 19.8 Å². The third-order valence-electron chi connectivity index (χ3n) is 1.22. The molecule has 0 aromatic rings. The molecule has 0 aliphatic rings. The quantitative estimate of drug-likeness (QED) is 0.640. The van der Waals surface area contributed by atoms with Gasteiger partial charge in [-0.1, -0.05) is 0 Å². The molecule has 11 heavy (non-hydrogen) atoms. The van der Waals surface area contributed by atoms with E-state index in [1.165, 1.54) is 0 Å². The normalized spacial score (nSPS) is 12.0. The second-order valence-electron chi connectivity index (χ2n) is 2.16. The molecule has 0 bridgehead atoms. The van der Waals surface area contributed by atoms with E-state index in [-0.39, 0.29) is 0 Å². The van der Waals surface area contributed by atoms with Gasteiger partial charge in [0.05, 0.1) is 0 Å². The van der Waals surface area contributed by atoms with Gasteiger partial charge in [-0.05, 0) is 0 Å². The molecule has 0 radical (unpaired) electrons. The zero-order valence-electron chi connectivity index (χ0n) is 7.85. The summed E-state index contributed by atoms with van der Waals surface area (Å²) < 4.78 is 16.4. The van der Waals surface area contributed by atoms with Crippen LogP contribution in [0, 0.1) is 0 Å². The Balaban J connectivity index is 3.79. The fourth-order valence-electron chi connectivity index (χ4n) is 0.912. The molecule has 0 N–H and O–H groups in total. The van der Waals surface area contributed by atoms with Gasteiger partial charge in [-0.25, -0.2) is 0 Å². The van der Waals surface area contributed by atoms with E-state index in [0.29, 0.717) is 19.8 Å². The molecule has 0 aromatic heterocycles. The third-order valence-corrected chi connectivity index (χ3v) is 6.34. The van der Waals surface area contributed by atoms with Crippen molar-refractivity contribution in [1.29, 1.82) is 0 Å². The van der Waals surface area contributed by atoms with Crippen LogP contribution in [0.15, 0.2) is 0 Å². The first kappa shape index (κ1) is 11.4. The van der Waals surface area contributed by atoms with Crippen LogP contribution in [-0.2, 0) is 11.3 Å². The Labute approximate surface area is 72.4 Å². The van der Waals surface area contributed by atoms with Gasteiger partial charge < -0.3 is 0 Å². The van der Waals surface area contributed by atoms with E-state index in [2.05, 4.69) is 0 Å². The van der Waals surface area contributed by atoms with Crippen molar-refractivity contribution in [1.82, 2.24) is 0 Å². The average molecular weight is 223 g/mol. The van der Waals surface area contributed by atoms with E-state index in [9.17, 15) is 0 Å². The summed E-state index contributed by atoms with van der Waals surface area (Å²) in [5, 5.41) is 0. The van der Waals surface area contributed by atoms with Crippen molar-refractivity contribution < 1.29 is 11.3 Å². The molecule has 0 atom stereocenters. The predicted molar refractivity (Wildman–Crippen MR) is 46.5 cm³/mol. The monoisotopic (exact) mass is 224 g/mol. The third kappa shape index (κ3) is 4.79. The minimum atomic E-state index is -2.74. The first-order chi connectivity index (χ1) is 5.18. The summed E-state index contributed by atoms with van der Waals surface area (Å²) in [5.74, 6) is 1.97. The van der Waals surface area contributed by atoms with Crippen molar-refractivity contribution in [2.24, 2.45) is 0 Å². The maximum absolute atomic E-state index is 5.45. The van der Waals surface area contributed by atoms with Crippen LogP contribution < -0.4 is 0 Å². The van der Waals surface area contributed by atoms with Crippen molar-refractivity contribution in [3.63, 3.8) is 0 Å². The fraction of sp³-hybridized carbons (Fsp3) is 1.00. The van der Waals surface area contributed by atoms with Crippen molar-refractivity contribution in [2.45, 2.75) is 26.5 Å². The van der Waals surface area contributed by atoms with Gasteiger partial charge in [-0.3, -0.25) is 0 Å². The molecule has 0 fully saturated rings. The Hall–Kier alpha value is 0.423. The molecule has 68 valence electrons. The second-order valence-corrected chi connectivity index (χ2v) is 7.60. The Morgan fingerprint density at radius 2 is 1.09 bits per heavy atom. The Kier molecular flexibility index (Phi) is 6.23. The zero-order valence-corrected chi connectivity index (χ0v) is 9.94. The summed E-state index contributed by atoms with van der Waals surface area (Å²) in [7, 11) is 0. The van der Waals surface area contributed by atoms with Crippen LogP contribution >= 0.6 is 0 Å². The van der Waals surface area contributed by atoms with Crippen LogP contribution in [0.2, 0.25) is 5.76 Å². The molecular weight excluding hydrogens is 205 g/mol. The molecule has 0 saturated carbocycles. The molecule has 0 rings (SSSR count). The van der Waals surface area contributed by atoms with Gasteiger partial charge in [-0.2, -0.15) is 0 Å². The van der Waals surface area contributed by atoms with Gasteiger partial charge in [-0.15, -0.1) is 0 Å². The molecule has 0 unspecified atom stereocenters. The fourth-order valence-corrected chi connectivity index (χ4v) is 4.74. The molecule has 0 heterocycles. The van der Waals surface area contributed by atoms with Crippen molar-refractivity contribution >= 4 is 14.3 Å². The molecule has 4 heteroatoms. The number of rotatable bonds is 6. The summed E-state index contributed by atoms with van der Waals surface area (Å²) in [6.07, 6.45) is 0. The van der Waals surface area contributed by atoms with E-state index in [4.69, 9.17) is 11.3 Å². The van der Waals surface area contributed by atoms with Gasteiger partial charge >= 0.3 is 71.9 Å². The predicted octanol–water partition coefficient (Wildman–Crippen LogP) is 1.66. The summed E-state index contributed by atoms with van der Waals surface area (Å²) in [6, 6.07) is 0. The molecule has 0 aromatic carbocycles. The summed E-state index contributed by atoms with van der Waals surface area (Å²) in [6.45, 7) is 7.91. The van der Waals surface area contributed by atoms with E-state index in [1.807, 2.05) is 26.5 Å². The Bertz CT molecular complexity index is 80.7. The topological polar surface area (TPSA) is 27.7 Å². The summed E-state index contributed by atoms with van der Waals surface area (Å²) in [5.41, 5.74) is 0. The minimum absolute atomic E-state index is 0.677. The van der Waals surface area contributed by atoms with E-state index >= 15 is 0 Å². The molecule has 0 amide bonds. The van der Waals surface area contributed by atoms with Crippen LogP contribution in [-0.4, -0.2) is 34.1 Å². The second kappa shape index (κ2) is 6.00. The van der Waals surface area contributed by atoms with E-state index in [0.717, 1.165) is 0 Å². The van der Waals surface area contributed by atoms with Crippen LogP contribution in [0.3, 0.4) is 0 Å². The number of hydrogen-bond donors (Lipinski definition) is 0. The molecule has 0 saturated heterocycles. The summed E-state index contributed by atoms with van der Waals surface area (Å²) >= 11 is -2.74. The van der Waals surface area contributed by atoms with Crippen LogP contribution in [0.1, 0.15) is 20.8 Å².